The van der Waals surface area contributed by atoms with Crippen molar-refractivity contribution in [2.45, 2.75) is 51.0 Å². The van der Waals surface area contributed by atoms with Gasteiger partial charge in [0.15, 0.2) is 0 Å². The largest absolute Gasteiger partial charge is 0.497 e. The number of hydrogen-bond acceptors (Lipinski definition) is 8. The van der Waals surface area contributed by atoms with E-state index in [0.717, 1.165) is 37.2 Å². The van der Waals surface area contributed by atoms with Crippen LogP contribution in [0.4, 0.5) is 0 Å². The molecule has 3 aliphatic rings. The highest BCUT2D eigenvalue weighted by Gasteiger charge is 2.60. The first kappa shape index (κ1) is 27.8. The summed E-state index contributed by atoms with van der Waals surface area (Å²) in [5.41, 5.74) is 4.26. The molecule has 3 aromatic rings. The number of hydrogen-bond donors (Lipinski definition) is 2. The highest BCUT2D eigenvalue weighted by molar-refractivity contribution is 5.89. The molecule has 6 rings (SSSR count). The fourth-order valence-corrected chi connectivity index (χ4v) is 7.67. The van der Waals surface area contributed by atoms with Gasteiger partial charge >= 0.3 is 11.9 Å². The van der Waals surface area contributed by atoms with E-state index in [1.807, 2.05) is 12.1 Å². The van der Waals surface area contributed by atoms with Crippen molar-refractivity contribution in [1.29, 1.82) is 0 Å². The quantitative estimate of drug-likeness (QED) is 0.434. The van der Waals surface area contributed by atoms with Gasteiger partial charge in [0.05, 0.1) is 38.3 Å². The Morgan fingerprint density at radius 1 is 1.12 bits per heavy atom. The Morgan fingerprint density at radius 2 is 1.90 bits per heavy atom. The van der Waals surface area contributed by atoms with Crippen LogP contribution in [0.15, 0.2) is 42.5 Å². The van der Waals surface area contributed by atoms with Gasteiger partial charge in [-0.3, -0.25) is 9.69 Å². The van der Waals surface area contributed by atoms with Gasteiger partial charge in [-0.2, -0.15) is 0 Å². The molecule has 1 aromatic heterocycles. The van der Waals surface area contributed by atoms with Gasteiger partial charge in [0.1, 0.15) is 18.0 Å². The maximum absolute atomic E-state index is 13.5. The molecule has 41 heavy (non-hydrogen) atoms. The average Bonchev–Trinajstić information content (AvgIpc) is 3.37. The first-order chi connectivity index (χ1) is 19.8. The molecule has 9 heteroatoms. The van der Waals surface area contributed by atoms with E-state index in [2.05, 4.69) is 22.9 Å². The van der Waals surface area contributed by atoms with Crippen LogP contribution in [0, 0.1) is 17.3 Å². The minimum atomic E-state index is -0.647. The number of aliphatic hydroxyl groups excluding tert-OH is 1. The van der Waals surface area contributed by atoms with Crippen molar-refractivity contribution in [3.63, 3.8) is 0 Å². The molecule has 218 valence electrons. The minimum Gasteiger partial charge on any atom is -0.497 e. The number of piperidine rings is 1. The molecule has 0 radical (unpaired) electrons. The Morgan fingerprint density at radius 3 is 2.59 bits per heavy atom. The Balaban J connectivity index is 1.32. The molecule has 0 bridgehead atoms. The van der Waals surface area contributed by atoms with E-state index < -0.39 is 29.5 Å². The van der Waals surface area contributed by atoms with Gasteiger partial charge in [-0.15, -0.1) is 0 Å². The second-order valence-electron chi connectivity index (χ2n) is 11.8. The lowest BCUT2D eigenvalue weighted by molar-refractivity contribution is -0.196. The van der Waals surface area contributed by atoms with Crippen LogP contribution in [-0.4, -0.2) is 73.6 Å². The average molecular weight is 563 g/mol. The number of H-pyrrole nitrogens is 1. The number of esters is 2. The third-order valence-electron chi connectivity index (χ3n) is 9.87. The number of aliphatic hydroxyl groups is 1. The fourth-order valence-electron chi connectivity index (χ4n) is 7.67. The summed E-state index contributed by atoms with van der Waals surface area (Å²) in [6, 6.07) is 13.0. The van der Waals surface area contributed by atoms with Gasteiger partial charge in [-0.1, -0.05) is 19.1 Å². The Kier molecular flexibility index (Phi) is 7.30. The standard InChI is InChI=1S/C32H38N2O7/c1-32-15-25-28-23(22-10-9-21(38-2)14-24(22)33-28)11-12-34(25)16-20(32)13-26(29(39-3)27(32)31(37)40-4)41-30(36)19-7-5-18(17-35)6-8-19/h5-10,14,20,25-27,29,33,35H,11-13,15-17H2,1-4H3. The number of aromatic amines is 1. The summed E-state index contributed by atoms with van der Waals surface area (Å²) >= 11 is 0. The van der Waals surface area contributed by atoms with Crippen LogP contribution < -0.4 is 4.74 Å². The van der Waals surface area contributed by atoms with E-state index in [0.29, 0.717) is 17.5 Å². The lowest BCUT2D eigenvalue weighted by atomic mass is 9.54. The molecule has 2 aromatic carbocycles. The van der Waals surface area contributed by atoms with Crippen molar-refractivity contribution >= 4 is 22.8 Å². The van der Waals surface area contributed by atoms with E-state index in [9.17, 15) is 14.7 Å². The topological polar surface area (TPSA) is 110 Å². The van der Waals surface area contributed by atoms with E-state index >= 15 is 0 Å². The molecule has 2 fully saturated rings. The van der Waals surface area contributed by atoms with Crippen LogP contribution >= 0.6 is 0 Å². The SMILES string of the molecule is COC(=O)C1C(OC)C(OC(=O)c2ccc(CO)cc2)CC2CN3CCc4c([nH]c5cc(OC)ccc45)C3CC21C. The van der Waals surface area contributed by atoms with Crippen molar-refractivity contribution in [3.05, 3.63) is 64.8 Å². The molecule has 3 heterocycles. The van der Waals surface area contributed by atoms with Gasteiger partial charge in [-0.05, 0) is 66.0 Å². The molecular formula is C32H38N2O7. The molecule has 1 saturated carbocycles. The molecule has 2 aliphatic heterocycles. The highest BCUT2D eigenvalue weighted by Crippen LogP contribution is 2.57. The van der Waals surface area contributed by atoms with Crippen LogP contribution in [0.3, 0.4) is 0 Å². The zero-order valence-corrected chi connectivity index (χ0v) is 24.0. The van der Waals surface area contributed by atoms with Gasteiger partial charge in [0.2, 0.25) is 0 Å². The molecule has 2 N–H and O–H groups in total. The smallest absolute Gasteiger partial charge is 0.338 e. The van der Waals surface area contributed by atoms with Crippen LogP contribution in [0.25, 0.3) is 10.9 Å². The molecule has 1 saturated heterocycles. The van der Waals surface area contributed by atoms with Gasteiger partial charge in [-0.25, -0.2) is 4.79 Å². The highest BCUT2D eigenvalue weighted by atomic mass is 16.6. The third-order valence-corrected chi connectivity index (χ3v) is 9.87. The predicted molar refractivity (Wildman–Crippen MR) is 152 cm³/mol. The van der Waals surface area contributed by atoms with Crippen LogP contribution in [-0.2, 0) is 32.0 Å². The number of fused-ring (bicyclic) bond motifs is 6. The van der Waals surface area contributed by atoms with Crippen LogP contribution in [0.5, 0.6) is 5.75 Å². The summed E-state index contributed by atoms with van der Waals surface area (Å²) in [5, 5.41) is 10.6. The number of aromatic nitrogens is 1. The van der Waals surface area contributed by atoms with Crippen LogP contribution in [0.1, 0.15) is 53.0 Å². The Labute approximate surface area is 239 Å². The second kappa shape index (κ2) is 10.8. The molecule has 0 spiro atoms. The fraction of sp³-hybridized carbons (Fsp3) is 0.500. The third kappa shape index (κ3) is 4.60. The monoisotopic (exact) mass is 562 g/mol. The van der Waals surface area contributed by atoms with Crippen molar-refractivity contribution in [3.8, 4) is 5.75 Å². The number of nitrogens with one attached hydrogen (secondary N) is 1. The molecular weight excluding hydrogens is 524 g/mol. The van der Waals surface area contributed by atoms with E-state index in [4.69, 9.17) is 18.9 Å². The molecule has 6 unspecified atom stereocenters. The summed E-state index contributed by atoms with van der Waals surface area (Å²) in [7, 11) is 4.65. The summed E-state index contributed by atoms with van der Waals surface area (Å²) in [6.45, 7) is 3.77. The van der Waals surface area contributed by atoms with Gasteiger partial charge in [0, 0.05) is 42.9 Å². The minimum absolute atomic E-state index is 0.0924. The van der Waals surface area contributed by atoms with Crippen molar-refractivity contribution in [2.24, 2.45) is 17.3 Å². The van der Waals surface area contributed by atoms with E-state index in [1.54, 1.807) is 38.5 Å². The zero-order chi connectivity index (χ0) is 28.9. The maximum Gasteiger partial charge on any atom is 0.338 e. The second-order valence-corrected chi connectivity index (χ2v) is 11.8. The maximum atomic E-state index is 13.5. The number of rotatable bonds is 6. The number of carbonyl (C=O) groups is 2. The molecule has 9 nitrogen and oxygen atoms in total. The number of methoxy groups -OCH3 is 3. The van der Waals surface area contributed by atoms with Crippen molar-refractivity contribution in [1.82, 2.24) is 9.88 Å². The predicted octanol–water partition coefficient (Wildman–Crippen LogP) is 4.03. The summed E-state index contributed by atoms with van der Waals surface area (Å²) in [4.78, 5) is 32.9. The Bertz CT molecular complexity index is 1450. The number of ether oxygens (including phenoxy) is 4. The summed E-state index contributed by atoms with van der Waals surface area (Å²) in [5.74, 6) is -0.519. The zero-order valence-electron chi connectivity index (χ0n) is 24.0. The molecule has 6 atom stereocenters. The normalized spacial score (nSPS) is 29.2. The van der Waals surface area contributed by atoms with Crippen LogP contribution in [0.2, 0.25) is 0 Å². The van der Waals surface area contributed by atoms with Gasteiger partial charge in [0.25, 0.3) is 0 Å². The molecule has 0 amide bonds. The lowest BCUT2D eigenvalue weighted by Crippen LogP contribution is -2.63. The number of nitrogens with zero attached hydrogens (tertiary/aromatic N) is 1. The number of carbonyl (C=O) groups excluding carboxylic acids is 2. The van der Waals surface area contributed by atoms with E-state index in [-0.39, 0.29) is 24.5 Å². The van der Waals surface area contributed by atoms with Crippen molar-refractivity contribution < 1.29 is 33.6 Å². The van der Waals surface area contributed by atoms with Crippen molar-refractivity contribution in [2.75, 3.05) is 34.4 Å². The lowest BCUT2D eigenvalue weighted by Gasteiger charge is -2.58. The van der Waals surface area contributed by atoms with Gasteiger partial charge < -0.3 is 29.0 Å². The van der Waals surface area contributed by atoms with E-state index in [1.165, 1.54) is 23.8 Å². The molecule has 1 aliphatic carbocycles. The first-order valence-electron chi connectivity index (χ1n) is 14.2. The first-order valence-corrected chi connectivity index (χ1v) is 14.2. The number of benzene rings is 2. The Hall–Kier alpha value is -3.40. The summed E-state index contributed by atoms with van der Waals surface area (Å²) < 4.78 is 22.8. The summed E-state index contributed by atoms with van der Waals surface area (Å²) in [6.07, 6.45) is 1.02.